The first-order chi connectivity index (χ1) is 6.02. The minimum atomic E-state index is -0.463. The Morgan fingerprint density at radius 3 is 2.23 bits per heavy atom. The number of hydrogen-bond acceptors (Lipinski definition) is 3. The van der Waals surface area contributed by atoms with Gasteiger partial charge in [-0.3, -0.25) is 15.2 Å². The van der Waals surface area contributed by atoms with E-state index in [4.69, 9.17) is 11.6 Å². The summed E-state index contributed by atoms with van der Waals surface area (Å²) in [6, 6.07) is -0.463. The van der Waals surface area contributed by atoms with E-state index in [0.29, 0.717) is 5.96 Å². The van der Waals surface area contributed by atoms with Crippen LogP contribution in [-0.4, -0.2) is 25.0 Å². The van der Waals surface area contributed by atoms with Gasteiger partial charge >= 0.3 is 0 Å². The highest BCUT2D eigenvalue weighted by atomic mass is 16.1. The topological polar surface area (TPSA) is 106 Å². The van der Waals surface area contributed by atoms with E-state index in [0.717, 1.165) is 0 Å². The predicted octanol–water partition coefficient (Wildman–Crippen LogP) is -1.46. The number of guanidine groups is 1. The average molecular weight is 187 g/mol. The quantitative estimate of drug-likeness (QED) is 0.187. The third-order valence-electron chi connectivity index (χ3n) is 1.63. The van der Waals surface area contributed by atoms with Gasteiger partial charge in [0.05, 0.1) is 0 Å². The fraction of sp³-hybridized carbons (Fsp3) is 0.714. The van der Waals surface area contributed by atoms with Gasteiger partial charge in [0.2, 0.25) is 11.9 Å². The first kappa shape index (κ1) is 11.7. The summed E-state index contributed by atoms with van der Waals surface area (Å²) < 4.78 is 0. The highest BCUT2D eigenvalue weighted by Gasteiger charge is 2.19. The van der Waals surface area contributed by atoms with Gasteiger partial charge in [-0.1, -0.05) is 13.8 Å². The smallest absolute Gasteiger partial charge is 0.240 e. The number of primary amides is 1. The molecule has 0 saturated carbocycles. The van der Waals surface area contributed by atoms with Crippen LogP contribution in [0.5, 0.6) is 0 Å². The van der Waals surface area contributed by atoms with Crippen LogP contribution in [0.15, 0.2) is 4.99 Å². The van der Waals surface area contributed by atoms with Gasteiger partial charge in [-0.05, 0) is 5.92 Å². The van der Waals surface area contributed by atoms with Gasteiger partial charge in [0.25, 0.3) is 0 Å². The van der Waals surface area contributed by atoms with Crippen LogP contribution in [0.4, 0.5) is 0 Å². The minimum Gasteiger partial charge on any atom is -0.368 e. The molecule has 0 aliphatic carbocycles. The van der Waals surface area contributed by atoms with Crippen molar-refractivity contribution in [2.75, 3.05) is 7.05 Å². The Morgan fingerprint density at radius 1 is 1.46 bits per heavy atom. The Kier molecular flexibility index (Phi) is 4.83. The van der Waals surface area contributed by atoms with Crippen molar-refractivity contribution in [3.05, 3.63) is 0 Å². The second-order valence-corrected chi connectivity index (χ2v) is 2.98. The van der Waals surface area contributed by atoms with E-state index < -0.39 is 11.9 Å². The molecule has 0 spiro atoms. The molecule has 0 aromatic rings. The lowest BCUT2D eigenvalue weighted by Gasteiger charge is -2.20. The number of aliphatic imine (C=N–C) groups is 1. The third kappa shape index (κ3) is 3.75. The molecular formula is C7H17N5O. The highest BCUT2D eigenvalue weighted by molar-refractivity contribution is 5.87. The van der Waals surface area contributed by atoms with E-state index in [-0.39, 0.29) is 5.92 Å². The lowest BCUT2D eigenvalue weighted by Crippen LogP contribution is -2.53. The van der Waals surface area contributed by atoms with Crippen molar-refractivity contribution >= 4 is 11.9 Å². The summed E-state index contributed by atoms with van der Waals surface area (Å²) in [5, 5.41) is 2.79. The zero-order valence-electron chi connectivity index (χ0n) is 8.16. The van der Waals surface area contributed by atoms with E-state index in [1.807, 2.05) is 13.8 Å². The summed E-state index contributed by atoms with van der Waals surface area (Å²) in [5.41, 5.74) is 7.49. The Bertz CT molecular complexity index is 201. The van der Waals surface area contributed by atoms with Gasteiger partial charge in [-0.2, -0.15) is 0 Å². The van der Waals surface area contributed by atoms with Gasteiger partial charge in [-0.25, -0.2) is 5.84 Å². The van der Waals surface area contributed by atoms with Gasteiger partial charge in [0, 0.05) is 7.05 Å². The number of hydrogen-bond donors (Lipinski definition) is 4. The van der Waals surface area contributed by atoms with Crippen LogP contribution in [-0.2, 0) is 4.79 Å². The second kappa shape index (κ2) is 5.36. The number of nitrogens with zero attached hydrogens (tertiary/aromatic N) is 1. The van der Waals surface area contributed by atoms with Crippen molar-refractivity contribution in [1.29, 1.82) is 0 Å². The Labute approximate surface area is 77.7 Å². The summed E-state index contributed by atoms with van der Waals surface area (Å²) in [6.45, 7) is 3.76. The van der Waals surface area contributed by atoms with Crippen molar-refractivity contribution in [3.63, 3.8) is 0 Å². The van der Waals surface area contributed by atoms with Crippen molar-refractivity contribution in [2.45, 2.75) is 19.9 Å². The molecule has 0 aromatic carbocycles. The number of rotatable bonds is 3. The van der Waals surface area contributed by atoms with Crippen molar-refractivity contribution in [2.24, 2.45) is 22.5 Å². The largest absolute Gasteiger partial charge is 0.368 e. The Morgan fingerprint density at radius 2 is 2.00 bits per heavy atom. The minimum absolute atomic E-state index is 0.0857. The standard InChI is InChI=1S/C7H17N5O/c1-4(2)5(6(8)13)11-7(10-3)12-9/h4-5H,9H2,1-3H3,(H2,8,13)(H2,10,11,12). The number of nitrogens with two attached hydrogens (primary N) is 2. The van der Waals surface area contributed by atoms with E-state index in [1.165, 1.54) is 0 Å². The van der Waals surface area contributed by atoms with Crippen LogP contribution >= 0.6 is 0 Å². The summed E-state index contributed by atoms with van der Waals surface area (Å²) in [5.74, 6) is 5.14. The van der Waals surface area contributed by atoms with Crippen LogP contribution in [0, 0.1) is 5.92 Å². The number of hydrazine groups is 1. The van der Waals surface area contributed by atoms with Crippen LogP contribution in [0.25, 0.3) is 0 Å². The number of nitrogens with one attached hydrogen (secondary N) is 2. The molecule has 13 heavy (non-hydrogen) atoms. The molecule has 0 aromatic heterocycles. The predicted molar refractivity (Wildman–Crippen MR) is 51.6 cm³/mol. The fourth-order valence-corrected chi connectivity index (χ4v) is 0.884. The molecule has 0 saturated heterocycles. The van der Waals surface area contributed by atoms with Crippen molar-refractivity contribution in [1.82, 2.24) is 10.7 Å². The molecule has 6 N–H and O–H groups in total. The van der Waals surface area contributed by atoms with Gasteiger partial charge in [-0.15, -0.1) is 0 Å². The normalized spacial score (nSPS) is 14.1. The van der Waals surface area contributed by atoms with E-state index >= 15 is 0 Å². The maximum absolute atomic E-state index is 10.9. The molecule has 0 bridgehead atoms. The van der Waals surface area contributed by atoms with E-state index in [1.54, 1.807) is 7.05 Å². The van der Waals surface area contributed by atoms with Crippen LogP contribution < -0.4 is 22.3 Å². The zero-order chi connectivity index (χ0) is 10.4. The van der Waals surface area contributed by atoms with Crippen LogP contribution in [0.2, 0.25) is 0 Å². The Hall–Kier alpha value is -1.30. The first-order valence-electron chi connectivity index (χ1n) is 4.02. The molecule has 1 atom stereocenters. The van der Waals surface area contributed by atoms with E-state index in [9.17, 15) is 4.79 Å². The molecule has 6 nitrogen and oxygen atoms in total. The molecule has 0 fully saturated rings. The Balaban J connectivity index is 4.34. The second-order valence-electron chi connectivity index (χ2n) is 2.98. The summed E-state index contributed by atoms with van der Waals surface area (Å²) >= 11 is 0. The number of amides is 1. The van der Waals surface area contributed by atoms with Crippen molar-refractivity contribution < 1.29 is 4.79 Å². The molecule has 1 unspecified atom stereocenters. The highest BCUT2D eigenvalue weighted by Crippen LogP contribution is 1.99. The summed E-state index contributed by atoms with van der Waals surface area (Å²) in [4.78, 5) is 14.7. The maximum atomic E-state index is 10.9. The van der Waals surface area contributed by atoms with E-state index in [2.05, 4.69) is 15.7 Å². The number of carbonyl (C=O) groups is 1. The molecule has 0 aliphatic rings. The molecule has 0 heterocycles. The zero-order valence-corrected chi connectivity index (χ0v) is 8.16. The van der Waals surface area contributed by atoms with Gasteiger partial charge in [0.1, 0.15) is 6.04 Å². The molecular weight excluding hydrogens is 170 g/mol. The van der Waals surface area contributed by atoms with Crippen molar-refractivity contribution in [3.8, 4) is 0 Å². The molecule has 76 valence electrons. The monoisotopic (exact) mass is 187 g/mol. The SMILES string of the molecule is CN=C(NN)NC(C(N)=O)C(C)C. The molecule has 6 heteroatoms. The third-order valence-corrected chi connectivity index (χ3v) is 1.63. The summed E-state index contributed by atoms with van der Waals surface area (Å²) in [6.07, 6.45) is 0. The van der Waals surface area contributed by atoms with Gasteiger partial charge < -0.3 is 11.1 Å². The molecule has 0 radical (unpaired) electrons. The molecule has 0 rings (SSSR count). The lowest BCUT2D eigenvalue weighted by molar-refractivity contribution is -0.120. The van der Waals surface area contributed by atoms with Gasteiger partial charge in [0.15, 0.2) is 0 Å². The molecule has 0 aliphatic heterocycles. The lowest BCUT2D eigenvalue weighted by atomic mass is 10.0. The van der Waals surface area contributed by atoms with Crippen LogP contribution in [0.3, 0.4) is 0 Å². The fourth-order valence-electron chi connectivity index (χ4n) is 0.884. The maximum Gasteiger partial charge on any atom is 0.240 e. The first-order valence-corrected chi connectivity index (χ1v) is 4.02. The number of carbonyl (C=O) groups excluding carboxylic acids is 1. The molecule has 1 amide bonds. The summed E-state index contributed by atoms with van der Waals surface area (Å²) in [7, 11) is 1.56. The van der Waals surface area contributed by atoms with Crippen LogP contribution in [0.1, 0.15) is 13.8 Å². The average Bonchev–Trinajstić information content (AvgIpc) is 2.05.